The van der Waals surface area contributed by atoms with Crippen molar-refractivity contribution in [3.05, 3.63) is 0 Å². The second-order valence-electron chi connectivity index (χ2n) is 6.46. The Hall–Kier alpha value is -0.295. The van der Waals surface area contributed by atoms with Crippen molar-refractivity contribution < 1.29 is 26.5 Å². The van der Waals surface area contributed by atoms with Crippen molar-refractivity contribution in [3.8, 4) is 0 Å². The van der Waals surface area contributed by atoms with E-state index in [9.17, 15) is 17.3 Å². The highest BCUT2D eigenvalue weighted by atomic mass is 19.5. The Bertz CT molecular complexity index is 251. The predicted octanol–water partition coefficient (Wildman–Crippen LogP) is 5.29. The first-order valence-corrected chi connectivity index (χ1v) is 9.13. The van der Waals surface area contributed by atoms with Gasteiger partial charge < -0.3 is 26.5 Å². The molecule has 1 fully saturated rings. The summed E-state index contributed by atoms with van der Waals surface area (Å²) in [6.45, 7) is 11.9. The molecule has 140 valence electrons. The molecule has 0 aromatic heterocycles. The zero-order chi connectivity index (χ0) is 17.6. The molecular weight excluding hydrogens is 309 g/mol. The van der Waals surface area contributed by atoms with E-state index in [1.165, 1.54) is 82.0 Å². The van der Waals surface area contributed by atoms with E-state index >= 15 is 0 Å². The van der Waals surface area contributed by atoms with Gasteiger partial charge in [-0.25, -0.2) is 0 Å². The van der Waals surface area contributed by atoms with Crippen LogP contribution in [0, 0.1) is 0 Å². The summed E-state index contributed by atoms with van der Waals surface area (Å²) in [5.74, 6) is 0. The zero-order valence-electron chi connectivity index (χ0n) is 14.8. The highest BCUT2D eigenvalue weighted by Gasteiger charge is 2.29. The molecule has 0 N–H and O–H groups in total. The predicted molar refractivity (Wildman–Crippen MR) is 89.0 cm³/mol. The standard InChI is InChI=1S/C16H34NO.BF4/c1-3-5-7-9-11-17(12-10-8-6-4-2)13-15-18-16-14-17;2-1(3,4)5/h3-16H2,1-2H3;/q+1;-1. The van der Waals surface area contributed by atoms with E-state index in [1.54, 1.807) is 0 Å². The highest BCUT2D eigenvalue weighted by molar-refractivity contribution is 6.50. The number of nitrogens with zero attached hydrogens (tertiary/aromatic N) is 1. The van der Waals surface area contributed by atoms with Crippen molar-refractivity contribution in [2.45, 2.75) is 65.2 Å². The first kappa shape index (κ1) is 22.7. The lowest BCUT2D eigenvalue weighted by molar-refractivity contribution is -0.935. The summed E-state index contributed by atoms with van der Waals surface area (Å²) < 4.78 is 45.9. The maximum absolute atomic E-state index is 9.75. The third kappa shape index (κ3) is 15.0. The second kappa shape index (κ2) is 13.0. The number of rotatable bonds is 10. The van der Waals surface area contributed by atoms with Crippen LogP contribution in [0.2, 0.25) is 0 Å². The number of unbranched alkanes of at least 4 members (excludes halogenated alkanes) is 6. The summed E-state index contributed by atoms with van der Waals surface area (Å²) in [6, 6.07) is 0. The molecule has 0 aliphatic carbocycles. The molecule has 23 heavy (non-hydrogen) atoms. The van der Waals surface area contributed by atoms with Crippen molar-refractivity contribution in [1.82, 2.24) is 0 Å². The molecule has 1 aliphatic rings. The minimum Gasteiger partial charge on any atom is -0.418 e. The van der Waals surface area contributed by atoms with Crippen LogP contribution in [0.15, 0.2) is 0 Å². The van der Waals surface area contributed by atoms with Gasteiger partial charge in [-0.2, -0.15) is 0 Å². The van der Waals surface area contributed by atoms with Gasteiger partial charge in [-0.3, -0.25) is 0 Å². The number of morpholine rings is 1. The number of ether oxygens (including phenoxy) is 1. The van der Waals surface area contributed by atoms with Gasteiger partial charge in [0, 0.05) is 0 Å². The molecule has 2 nitrogen and oxygen atoms in total. The van der Waals surface area contributed by atoms with Crippen LogP contribution in [0.3, 0.4) is 0 Å². The molecule has 0 bridgehead atoms. The Morgan fingerprint density at radius 2 is 1.13 bits per heavy atom. The summed E-state index contributed by atoms with van der Waals surface area (Å²) in [7, 11) is -6.00. The van der Waals surface area contributed by atoms with E-state index in [0.29, 0.717) is 0 Å². The van der Waals surface area contributed by atoms with Gasteiger partial charge in [0.05, 0.1) is 26.3 Å². The van der Waals surface area contributed by atoms with Crippen molar-refractivity contribution in [2.24, 2.45) is 0 Å². The van der Waals surface area contributed by atoms with E-state index in [4.69, 9.17) is 4.74 Å². The van der Waals surface area contributed by atoms with Gasteiger partial charge in [-0.05, 0) is 25.7 Å². The Morgan fingerprint density at radius 3 is 1.48 bits per heavy atom. The van der Waals surface area contributed by atoms with E-state index in [0.717, 1.165) is 13.2 Å². The molecule has 0 atom stereocenters. The normalized spacial score (nSPS) is 17.5. The lowest BCUT2D eigenvalue weighted by atomic mass is 10.1. The fraction of sp³-hybridized carbons (Fsp3) is 1.00. The number of halogens is 4. The topological polar surface area (TPSA) is 9.23 Å². The van der Waals surface area contributed by atoms with Crippen LogP contribution in [0.5, 0.6) is 0 Å². The Morgan fingerprint density at radius 1 is 0.739 bits per heavy atom. The Labute approximate surface area is 139 Å². The fourth-order valence-electron chi connectivity index (χ4n) is 3.04. The minimum absolute atomic E-state index is 0.988. The largest absolute Gasteiger partial charge is 0.673 e. The number of quaternary nitrogens is 1. The fourth-order valence-corrected chi connectivity index (χ4v) is 3.04. The minimum atomic E-state index is -6.00. The molecule has 0 aromatic rings. The molecule has 0 radical (unpaired) electrons. The molecule has 0 aromatic carbocycles. The first-order valence-electron chi connectivity index (χ1n) is 9.13. The van der Waals surface area contributed by atoms with Crippen LogP contribution in [0.4, 0.5) is 17.3 Å². The van der Waals surface area contributed by atoms with Crippen LogP contribution in [0.1, 0.15) is 65.2 Å². The quantitative estimate of drug-likeness (QED) is 0.227. The summed E-state index contributed by atoms with van der Waals surface area (Å²) in [5, 5.41) is 0. The van der Waals surface area contributed by atoms with Gasteiger partial charge in [0.25, 0.3) is 0 Å². The van der Waals surface area contributed by atoms with E-state index in [1.807, 2.05) is 0 Å². The summed E-state index contributed by atoms with van der Waals surface area (Å²) >= 11 is 0. The summed E-state index contributed by atoms with van der Waals surface area (Å²) in [6.07, 6.45) is 11.2. The summed E-state index contributed by atoms with van der Waals surface area (Å²) in [4.78, 5) is 0. The van der Waals surface area contributed by atoms with Gasteiger partial charge >= 0.3 is 7.25 Å². The van der Waals surface area contributed by atoms with Crippen LogP contribution >= 0.6 is 0 Å². The average Bonchev–Trinajstić information content (AvgIpc) is 2.48. The van der Waals surface area contributed by atoms with Crippen molar-refractivity contribution in [2.75, 3.05) is 39.4 Å². The first-order chi connectivity index (χ1) is 10.8. The molecule has 0 amide bonds. The molecule has 1 heterocycles. The smallest absolute Gasteiger partial charge is 0.418 e. The Balaban J connectivity index is 0.000000841. The third-order valence-corrected chi connectivity index (χ3v) is 4.39. The molecule has 0 unspecified atom stereocenters. The van der Waals surface area contributed by atoms with Crippen LogP contribution in [-0.2, 0) is 4.74 Å². The maximum atomic E-state index is 9.75. The molecular formula is C16H34BF4NO. The van der Waals surface area contributed by atoms with Gasteiger partial charge in [-0.1, -0.05) is 39.5 Å². The molecule has 0 spiro atoms. The van der Waals surface area contributed by atoms with Crippen molar-refractivity contribution in [3.63, 3.8) is 0 Å². The molecule has 0 saturated carbocycles. The van der Waals surface area contributed by atoms with Gasteiger partial charge in [0.2, 0.25) is 0 Å². The van der Waals surface area contributed by atoms with Crippen molar-refractivity contribution in [1.29, 1.82) is 0 Å². The van der Waals surface area contributed by atoms with E-state index in [-0.39, 0.29) is 0 Å². The monoisotopic (exact) mass is 343 g/mol. The lowest BCUT2D eigenvalue weighted by Gasteiger charge is -2.41. The van der Waals surface area contributed by atoms with Gasteiger partial charge in [0.1, 0.15) is 13.1 Å². The SMILES string of the molecule is CCCCCC[N+]1(CCCCCC)CCOCC1.F[B-](F)(F)F. The van der Waals surface area contributed by atoms with Crippen molar-refractivity contribution >= 4 is 7.25 Å². The van der Waals surface area contributed by atoms with Gasteiger partial charge in [0.15, 0.2) is 0 Å². The third-order valence-electron chi connectivity index (χ3n) is 4.39. The Kier molecular flexibility index (Phi) is 12.9. The average molecular weight is 343 g/mol. The molecule has 7 heteroatoms. The van der Waals surface area contributed by atoms with Crippen LogP contribution in [0.25, 0.3) is 0 Å². The molecule has 1 saturated heterocycles. The van der Waals surface area contributed by atoms with Crippen LogP contribution < -0.4 is 0 Å². The lowest BCUT2D eigenvalue weighted by Crippen LogP contribution is -2.56. The maximum Gasteiger partial charge on any atom is 0.673 e. The number of hydrogen-bond acceptors (Lipinski definition) is 1. The van der Waals surface area contributed by atoms with E-state index < -0.39 is 7.25 Å². The van der Waals surface area contributed by atoms with E-state index in [2.05, 4.69) is 13.8 Å². The second-order valence-corrected chi connectivity index (χ2v) is 6.46. The zero-order valence-corrected chi connectivity index (χ0v) is 14.8. The highest BCUT2D eigenvalue weighted by Crippen LogP contribution is 2.17. The molecule has 1 aliphatic heterocycles. The van der Waals surface area contributed by atoms with Crippen LogP contribution in [-0.4, -0.2) is 51.1 Å². The van der Waals surface area contributed by atoms with Gasteiger partial charge in [-0.15, -0.1) is 0 Å². The molecule has 1 rings (SSSR count). The number of hydrogen-bond donors (Lipinski definition) is 0. The summed E-state index contributed by atoms with van der Waals surface area (Å²) in [5.41, 5.74) is 0.